The molecule has 1 aliphatic rings. The number of H-pyrrole nitrogens is 1. The van der Waals surface area contributed by atoms with Crippen molar-refractivity contribution < 1.29 is 9.90 Å². The molecule has 7 nitrogen and oxygen atoms in total. The number of hydrogen-bond donors (Lipinski definition) is 4. The molecule has 1 unspecified atom stereocenters. The number of carbonyl (C=O) groups excluding carboxylic acids is 1. The lowest BCUT2D eigenvalue weighted by atomic mass is 10.0. The Morgan fingerprint density at radius 3 is 2.86 bits per heavy atom. The van der Waals surface area contributed by atoms with Crippen molar-refractivity contribution in [3.63, 3.8) is 0 Å². The molecule has 1 fully saturated rings. The average molecular weight is 396 g/mol. The van der Waals surface area contributed by atoms with Crippen LogP contribution in [0.5, 0.6) is 5.75 Å². The molecule has 0 bridgehead atoms. The number of nitrogens with two attached hydrogens (primary N) is 2. The minimum absolute atomic E-state index is 0.0396. The molecule has 1 atom stereocenters. The van der Waals surface area contributed by atoms with E-state index in [9.17, 15) is 9.90 Å². The van der Waals surface area contributed by atoms with Gasteiger partial charge in [-0.15, -0.1) is 0 Å². The Balaban J connectivity index is 1.69. The Morgan fingerprint density at radius 2 is 2.14 bits per heavy atom. The van der Waals surface area contributed by atoms with Crippen LogP contribution in [0.25, 0.3) is 11.8 Å². The number of para-hydroxylation sites is 1. The number of likely N-dealkylation sites (tertiary alicyclic amines) is 1. The van der Waals surface area contributed by atoms with Crippen LogP contribution in [-0.4, -0.2) is 59.5 Å². The molecule has 7 heteroatoms. The van der Waals surface area contributed by atoms with Gasteiger partial charge in [0.2, 0.25) is 5.91 Å². The molecule has 0 radical (unpaired) electrons. The number of likely N-dealkylation sites (N-methyl/N-ethyl adjacent to an activating group) is 1. The average Bonchev–Trinajstić information content (AvgIpc) is 3.29. The van der Waals surface area contributed by atoms with Crippen molar-refractivity contribution in [3.05, 3.63) is 59.3 Å². The number of aromatic nitrogens is 1. The minimum atomic E-state index is 0.0396. The van der Waals surface area contributed by atoms with E-state index in [0.29, 0.717) is 23.6 Å². The third kappa shape index (κ3) is 5.00. The van der Waals surface area contributed by atoms with E-state index in [1.54, 1.807) is 30.4 Å². The summed E-state index contributed by atoms with van der Waals surface area (Å²) in [6, 6.07) is 8.90. The molecule has 2 heterocycles. The van der Waals surface area contributed by atoms with Crippen LogP contribution < -0.4 is 11.5 Å². The fourth-order valence-corrected chi connectivity index (χ4v) is 3.50. The second-order valence-electron chi connectivity index (χ2n) is 7.64. The van der Waals surface area contributed by atoms with E-state index in [4.69, 9.17) is 11.5 Å². The number of phenols is 1. The number of rotatable bonds is 6. The first-order valence-corrected chi connectivity index (χ1v) is 9.69. The predicted octanol–water partition coefficient (Wildman–Crippen LogP) is 2.19. The predicted molar refractivity (Wildman–Crippen MR) is 117 cm³/mol. The Hall–Kier alpha value is -3.19. The zero-order valence-corrected chi connectivity index (χ0v) is 16.9. The lowest BCUT2D eigenvalue weighted by Gasteiger charge is -2.14. The van der Waals surface area contributed by atoms with Crippen molar-refractivity contribution in [2.75, 3.05) is 39.5 Å². The maximum Gasteiger partial charge on any atom is 0.246 e. The smallest absolute Gasteiger partial charge is 0.246 e. The van der Waals surface area contributed by atoms with Crippen LogP contribution in [0.15, 0.2) is 42.5 Å². The number of aromatic hydroxyl groups is 1. The number of carbonyl (C=O) groups is 1. The molecule has 0 aliphatic carbocycles. The number of aromatic amines is 1. The summed E-state index contributed by atoms with van der Waals surface area (Å²) in [6.45, 7) is 2.12. The van der Waals surface area contributed by atoms with Gasteiger partial charge < -0.3 is 31.4 Å². The van der Waals surface area contributed by atoms with Gasteiger partial charge in [-0.3, -0.25) is 4.79 Å². The van der Waals surface area contributed by atoms with Crippen LogP contribution in [0.1, 0.15) is 29.2 Å². The van der Waals surface area contributed by atoms with Gasteiger partial charge in [-0.1, -0.05) is 18.2 Å². The van der Waals surface area contributed by atoms with Gasteiger partial charge in [0.25, 0.3) is 0 Å². The molecule has 154 valence electrons. The fraction of sp³-hybridized carbons (Fsp3) is 0.318. The Bertz CT molecular complexity index is 929. The molecule has 1 amide bonds. The van der Waals surface area contributed by atoms with Gasteiger partial charge in [-0.25, -0.2) is 0 Å². The lowest BCUT2D eigenvalue weighted by molar-refractivity contribution is -0.125. The zero-order chi connectivity index (χ0) is 21.0. The minimum Gasteiger partial charge on any atom is -0.507 e. The number of nitrogens with one attached hydrogen (secondary N) is 1. The molecule has 3 rings (SSSR count). The van der Waals surface area contributed by atoms with Crippen molar-refractivity contribution in [3.8, 4) is 5.75 Å². The second kappa shape index (κ2) is 8.87. The highest BCUT2D eigenvalue weighted by atomic mass is 16.3. The summed E-state index contributed by atoms with van der Waals surface area (Å²) in [4.78, 5) is 19.4. The maximum absolute atomic E-state index is 12.3. The molecular formula is C22H29N5O2. The SMILES string of the molecule is CN(C)C/C=C/C(=O)N1CCC(c2cc(/C=C(\N)c3ccccc3O)c(N)[nH]2)C1. The highest BCUT2D eigenvalue weighted by Gasteiger charge is 2.27. The second-order valence-corrected chi connectivity index (χ2v) is 7.64. The molecule has 29 heavy (non-hydrogen) atoms. The molecule has 6 N–H and O–H groups in total. The van der Waals surface area contributed by atoms with Gasteiger partial charge >= 0.3 is 0 Å². The summed E-state index contributed by atoms with van der Waals surface area (Å²) in [6.07, 6.45) is 6.16. The van der Waals surface area contributed by atoms with E-state index >= 15 is 0 Å². The van der Waals surface area contributed by atoms with E-state index in [1.807, 2.05) is 42.1 Å². The van der Waals surface area contributed by atoms with Crippen LogP contribution >= 0.6 is 0 Å². The zero-order valence-electron chi connectivity index (χ0n) is 16.9. The molecule has 2 aromatic rings. The van der Waals surface area contributed by atoms with E-state index in [2.05, 4.69) is 4.98 Å². The van der Waals surface area contributed by atoms with E-state index in [1.165, 1.54) is 0 Å². The van der Waals surface area contributed by atoms with Crippen molar-refractivity contribution in [2.45, 2.75) is 12.3 Å². The Kier molecular flexibility index (Phi) is 6.29. The number of nitrogen functional groups attached to an aromatic ring is 1. The van der Waals surface area contributed by atoms with Gasteiger partial charge in [0.05, 0.1) is 0 Å². The monoisotopic (exact) mass is 395 g/mol. The highest BCUT2D eigenvalue weighted by molar-refractivity contribution is 5.88. The van der Waals surface area contributed by atoms with Crippen LogP contribution in [0.4, 0.5) is 5.82 Å². The highest BCUT2D eigenvalue weighted by Crippen LogP contribution is 2.31. The first-order valence-electron chi connectivity index (χ1n) is 9.69. The number of anilines is 1. The molecule has 1 aliphatic heterocycles. The summed E-state index contributed by atoms with van der Waals surface area (Å²) >= 11 is 0. The van der Waals surface area contributed by atoms with E-state index < -0.39 is 0 Å². The normalized spacial score (nSPS) is 17.6. The first kappa shape index (κ1) is 20.5. The first-order chi connectivity index (χ1) is 13.8. The van der Waals surface area contributed by atoms with Gasteiger partial charge in [0.1, 0.15) is 11.6 Å². The van der Waals surface area contributed by atoms with Crippen molar-refractivity contribution in [1.82, 2.24) is 14.8 Å². The molecule has 0 spiro atoms. The molecule has 0 saturated carbocycles. The quantitative estimate of drug-likeness (QED) is 0.560. The van der Waals surface area contributed by atoms with Gasteiger partial charge in [-0.2, -0.15) is 0 Å². The largest absolute Gasteiger partial charge is 0.507 e. The topological polar surface area (TPSA) is 112 Å². The van der Waals surface area contributed by atoms with Gasteiger partial charge in [0.15, 0.2) is 0 Å². The summed E-state index contributed by atoms with van der Waals surface area (Å²) in [5.74, 6) is 0.895. The third-order valence-electron chi connectivity index (χ3n) is 5.10. The third-order valence-corrected chi connectivity index (χ3v) is 5.10. The van der Waals surface area contributed by atoms with Crippen LogP contribution in [0, 0.1) is 0 Å². The summed E-state index contributed by atoms with van der Waals surface area (Å²) in [5.41, 5.74) is 15.1. The molecular weight excluding hydrogens is 366 g/mol. The van der Waals surface area contributed by atoms with Crippen LogP contribution in [-0.2, 0) is 4.79 Å². The number of amides is 1. The summed E-state index contributed by atoms with van der Waals surface area (Å²) < 4.78 is 0. The summed E-state index contributed by atoms with van der Waals surface area (Å²) in [7, 11) is 3.93. The van der Waals surface area contributed by atoms with Gasteiger partial charge in [-0.05, 0) is 44.8 Å². The number of benzene rings is 1. The molecule has 1 saturated heterocycles. The van der Waals surface area contributed by atoms with E-state index in [-0.39, 0.29) is 17.6 Å². The number of phenolic OH excluding ortho intramolecular Hbond substituents is 1. The number of nitrogens with zero attached hydrogens (tertiary/aromatic N) is 2. The van der Waals surface area contributed by atoms with Crippen molar-refractivity contribution in [1.29, 1.82) is 0 Å². The fourth-order valence-electron chi connectivity index (χ4n) is 3.50. The number of hydrogen-bond acceptors (Lipinski definition) is 5. The van der Waals surface area contributed by atoms with Gasteiger partial charge in [0, 0.05) is 54.1 Å². The summed E-state index contributed by atoms with van der Waals surface area (Å²) in [5, 5.41) is 9.97. The molecule has 1 aromatic heterocycles. The van der Waals surface area contributed by atoms with Crippen LogP contribution in [0.3, 0.4) is 0 Å². The maximum atomic E-state index is 12.3. The van der Waals surface area contributed by atoms with Crippen molar-refractivity contribution >= 4 is 23.5 Å². The van der Waals surface area contributed by atoms with Crippen molar-refractivity contribution in [2.24, 2.45) is 5.73 Å². The Labute approximate surface area is 171 Å². The lowest BCUT2D eigenvalue weighted by Crippen LogP contribution is -2.27. The Morgan fingerprint density at radius 1 is 1.38 bits per heavy atom. The van der Waals surface area contributed by atoms with E-state index in [0.717, 1.165) is 30.8 Å². The molecule has 1 aromatic carbocycles. The van der Waals surface area contributed by atoms with Crippen LogP contribution in [0.2, 0.25) is 0 Å². The standard InChI is InChI=1S/C22H29N5O2/c1-26(2)10-5-8-21(29)27-11-9-15(14-27)19-13-16(22(24)25-19)12-18(23)17-6-3-4-7-20(17)28/h3-8,12-13,15,25,28H,9-11,14,23-24H2,1-2H3/b8-5+,18-12-.